The maximum absolute atomic E-state index is 12.6. The average molecular weight is 617 g/mol. The first-order chi connectivity index (χ1) is 15.9. The van der Waals surface area contributed by atoms with Crippen LogP contribution in [-0.4, -0.2) is 12.7 Å². The van der Waals surface area contributed by atoms with Gasteiger partial charge in [-0.05, 0) is 98.5 Å². The summed E-state index contributed by atoms with van der Waals surface area (Å²) in [6.45, 7) is 2.47. The van der Waals surface area contributed by atoms with Crippen LogP contribution < -0.4 is 19.5 Å². The quantitative estimate of drug-likeness (QED) is 0.202. The fraction of sp³-hybridized carbons (Fsp3) is 0.120. The Bertz CT molecular complexity index is 1280. The fourth-order valence-electron chi connectivity index (χ4n) is 3.21. The number of nitrogens with zero attached hydrogens (tertiary/aromatic N) is 1. The number of amides is 1. The van der Waals surface area contributed by atoms with E-state index in [1.165, 1.54) is 0 Å². The maximum atomic E-state index is 12.6. The number of carbonyl (C=O) groups is 1. The number of ether oxygens (including phenoxy) is 3. The number of fused-ring (bicyclic) bond motifs is 1. The summed E-state index contributed by atoms with van der Waals surface area (Å²) in [4.78, 5) is 12.6. The Morgan fingerprint density at radius 1 is 1.21 bits per heavy atom. The van der Waals surface area contributed by atoms with Gasteiger partial charge in [-0.15, -0.1) is 0 Å². The van der Waals surface area contributed by atoms with Gasteiger partial charge in [0.15, 0.2) is 11.5 Å². The number of benzene rings is 3. The standard InChI is InChI=1S/C25H18BrIN2O4/c1-15-4-2-3-5-21(15)29-25(30)18(12-28)8-17-9-19(26)24(20(27)10-17)31-13-16-6-7-22-23(11-16)33-14-32-22/h2-11H,13-14H2,1H3,(H,29,30)/b18-8-. The Hall–Kier alpha value is -3.03. The Morgan fingerprint density at radius 2 is 2.00 bits per heavy atom. The van der Waals surface area contributed by atoms with Gasteiger partial charge in [0.05, 0.1) is 8.04 Å². The predicted octanol–water partition coefficient (Wildman–Crippen LogP) is 6.22. The third kappa shape index (κ3) is 5.49. The first-order valence-electron chi connectivity index (χ1n) is 9.94. The number of aryl methyl sites for hydroxylation is 1. The summed E-state index contributed by atoms with van der Waals surface area (Å²) >= 11 is 5.72. The van der Waals surface area contributed by atoms with Gasteiger partial charge in [-0.3, -0.25) is 4.79 Å². The summed E-state index contributed by atoms with van der Waals surface area (Å²) in [7, 11) is 0. The molecule has 0 saturated carbocycles. The van der Waals surface area contributed by atoms with Crippen molar-refractivity contribution in [2.75, 3.05) is 12.1 Å². The van der Waals surface area contributed by atoms with E-state index in [2.05, 4.69) is 43.8 Å². The highest BCUT2D eigenvalue weighted by molar-refractivity contribution is 14.1. The molecule has 0 unspecified atom stereocenters. The summed E-state index contributed by atoms with van der Waals surface area (Å²) in [5.74, 6) is 1.65. The monoisotopic (exact) mass is 616 g/mol. The third-order valence-electron chi connectivity index (χ3n) is 4.91. The van der Waals surface area contributed by atoms with Gasteiger partial charge < -0.3 is 19.5 Å². The number of hydrogen-bond acceptors (Lipinski definition) is 5. The lowest BCUT2D eigenvalue weighted by Crippen LogP contribution is -2.14. The molecular weight excluding hydrogens is 599 g/mol. The van der Waals surface area contributed by atoms with Gasteiger partial charge >= 0.3 is 0 Å². The van der Waals surface area contributed by atoms with Gasteiger partial charge in [-0.25, -0.2) is 0 Å². The van der Waals surface area contributed by atoms with E-state index in [9.17, 15) is 10.1 Å². The number of nitrogens with one attached hydrogen (secondary N) is 1. The van der Waals surface area contributed by atoms with Gasteiger partial charge in [0.2, 0.25) is 6.79 Å². The highest BCUT2D eigenvalue weighted by atomic mass is 127. The Kier molecular flexibility index (Phi) is 7.20. The molecule has 0 bridgehead atoms. The second kappa shape index (κ2) is 10.3. The minimum Gasteiger partial charge on any atom is -0.487 e. The van der Waals surface area contributed by atoms with Gasteiger partial charge in [0, 0.05) is 5.69 Å². The molecule has 8 heteroatoms. The Labute approximate surface area is 213 Å². The fourth-order valence-corrected chi connectivity index (χ4v) is 4.97. The molecule has 0 aliphatic carbocycles. The molecular formula is C25H18BrIN2O4. The molecule has 0 atom stereocenters. The topological polar surface area (TPSA) is 80.6 Å². The summed E-state index contributed by atoms with van der Waals surface area (Å²) < 4.78 is 18.3. The average Bonchev–Trinajstić information content (AvgIpc) is 3.26. The highest BCUT2D eigenvalue weighted by Gasteiger charge is 2.15. The van der Waals surface area contributed by atoms with E-state index in [1.54, 1.807) is 12.1 Å². The van der Waals surface area contributed by atoms with Crippen LogP contribution in [0.15, 0.2) is 64.6 Å². The van der Waals surface area contributed by atoms with Crippen LogP contribution in [-0.2, 0) is 11.4 Å². The molecule has 1 aliphatic rings. The number of anilines is 1. The summed E-state index contributed by atoms with van der Waals surface area (Å²) in [6.07, 6.45) is 1.56. The van der Waals surface area contributed by atoms with Crippen LogP contribution in [0.3, 0.4) is 0 Å². The second-order valence-corrected chi connectivity index (χ2v) is 9.25. The van der Waals surface area contributed by atoms with Crippen LogP contribution in [0.2, 0.25) is 0 Å². The number of hydrogen-bond donors (Lipinski definition) is 1. The van der Waals surface area contributed by atoms with Crippen LogP contribution in [0.25, 0.3) is 6.08 Å². The SMILES string of the molecule is Cc1ccccc1NC(=O)/C(C#N)=C\c1cc(Br)c(OCc2ccc3c(c2)OCO3)c(I)c1. The predicted molar refractivity (Wildman–Crippen MR) is 137 cm³/mol. The van der Waals surface area contributed by atoms with Crippen LogP contribution in [0.5, 0.6) is 17.2 Å². The minimum absolute atomic E-state index is 0.00924. The molecule has 0 aromatic heterocycles. The first kappa shape index (κ1) is 23.1. The normalized spacial score (nSPS) is 12.2. The van der Waals surface area contributed by atoms with E-state index in [4.69, 9.17) is 14.2 Å². The largest absolute Gasteiger partial charge is 0.487 e. The van der Waals surface area contributed by atoms with E-state index < -0.39 is 5.91 Å². The number of nitriles is 1. The molecule has 0 fully saturated rings. The molecule has 3 aromatic rings. The van der Waals surface area contributed by atoms with Crippen molar-refractivity contribution < 1.29 is 19.0 Å². The van der Waals surface area contributed by atoms with Crippen molar-refractivity contribution in [3.8, 4) is 23.3 Å². The summed E-state index contributed by atoms with van der Waals surface area (Å²) in [6, 6.07) is 18.8. The van der Waals surface area contributed by atoms with Gasteiger partial charge in [-0.1, -0.05) is 24.3 Å². The van der Waals surface area contributed by atoms with E-state index in [0.717, 1.165) is 24.9 Å². The van der Waals surface area contributed by atoms with Crippen molar-refractivity contribution in [3.05, 3.63) is 84.9 Å². The van der Waals surface area contributed by atoms with Crippen molar-refractivity contribution in [1.29, 1.82) is 5.26 Å². The number of halogens is 2. The Balaban J connectivity index is 1.49. The Morgan fingerprint density at radius 3 is 2.76 bits per heavy atom. The van der Waals surface area contributed by atoms with Gasteiger partial charge in [0.25, 0.3) is 5.91 Å². The molecule has 0 spiro atoms. The van der Waals surface area contributed by atoms with Gasteiger partial charge in [-0.2, -0.15) is 5.26 Å². The van der Waals surface area contributed by atoms with Crippen molar-refractivity contribution in [2.24, 2.45) is 0 Å². The first-order valence-corrected chi connectivity index (χ1v) is 11.8. The second-order valence-electron chi connectivity index (χ2n) is 7.23. The lowest BCUT2D eigenvalue weighted by molar-refractivity contribution is -0.112. The van der Waals surface area contributed by atoms with E-state index in [1.807, 2.05) is 61.5 Å². The zero-order valence-electron chi connectivity index (χ0n) is 17.5. The number of para-hydroxylation sites is 1. The molecule has 33 heavy (non-hydrogen) atoms. The third-order valence-corrected chi connectivity index (χ3v) is 6.30. The lowest BCUT2D eigenvalue weighted by Gasteiger charge is -2.12. The maximum Gasteiger partial charge on any atom is 0.266 e. The molecule has 0 radical (unpaired) electrons. The number of carbonyl (C=O) groups excluding carboxylic acids is 1. The van der Waals surface area contributed by atoms with Crippen molar-refractivity contribution in [2.45, 2.75) is 13.5 Å². The number of rotatable bonds is 6. The lowest BCUT2D eigenvalue weighted by atomic mass is 10.1. The van der Waals surface area contributed by atoms with Crippen molar-refractivity contribution >= 4 is 56.2 Å². The summed E-state index contributed by atoms with van der Waals surface area (Å²) in [5, 5.41) is 12.3. The molecule has 1 heterocycles. The molecule has 6 nitrogen and oxygen atoms in total. The van der Waals surface area contributed by atoms with Crippen molar-refractivity contribution in [3.63, 3.8) is 0 Å². The van der Waals surface area contributed by atoms with E-state index in [0.29, 0.717) is 29.4 Å². The molecule has 166 valence electrons. The molecule has 1 aliphatic heterocycles. The zero-order valence-corrected chi connectivity index (χ0v) is 21.3. The molecule has 1 N–H and O–H groups in total. The van der Waals surface area contributed by atoms with Crippen LogP contribution in [0.4, 0.5) is 5.69 Å². The van der Waals surface area contributed by atoms with Crippen LogP contribution >= 0.6 is 38.5 Å². The molecule has 0 saturated heterocycles. The molecule has 1 amide bonds. The smallest absolute Gasteiger partial charge is 0.266 e. The van der Waals surface area contributed by atoms with Crippen LogP contribution in [0, 0.1) is 21.8 Å². The molecule has 4 rings (SSSR count). The minimum atomic E-state index is -0.457. The van der Waals surface area contributed by atoms with Crippen LogP contribution in [0.1, 0.15) is 16.7 Å². The van der Waals surface area contributed by atoms with E-state index in [-0.39, 0.29) is 12.4 Å². The van der Waals surface area contributed by atoms with Gasteiger partial charge in [0.1, 0.15) is 24.0 Å². The summed E-state index contributed by atoms with van der Waals surface area (Å²) in [5.41, 5.74) is 3.26. The highest BCUT2D eigenvalue weighted by Crippen LogP contribution is 2.35. The van der Waals surface area contributed by atoms with E-state index >= 15 is 0 Å². The zero-order chi connectivity index (χ0) is 23.4. The molecule has 3 aromatic carbocycles. The van der Waals surface area contributed by atoms with Crippen molar-refractivity contribution in [1.82, 2.24) is 0 Å².